The normalized spacial score (nSPS) is 15.5. The summed E-state index contributed by atoms with van der Waals surface area (Å²) in [4.78, 5) is 0. The molecule has 0 fully saturated rings. The van der Waals surface area contributed by atoms with Gasteiger partial charge in [0.25, 0.3) is 0 Å². The van der Waals surface area contributed by atoms with E-state index < -0.39 is 8.07 Å². The first kappa shape index (κ1) is 25.2. The molecule has 0 amide bonds. The third-order valence-corrected chi connectivity index (χ3v) is 12.9. The molecule has 3 heteroatoms. The van der Waals surface area contributed by atoms with Crippen molar-refractivity contribution >= 4 is 13.6 Å². The van der Waals surface area contributed by atoms with Crippen molar-refractivity contribution in [3.8, 4) is 23.6 Å². The Hall–Kier alpha value is -3.06. The Balaban J connectivity index is 2.55. The lowest BCUT2D eigenvalue weighted by Gasteiger charge is -2.38. The Kier molecular flexibility index (Phi) is 9.08. The van der Waals surface area contributed by atoms with Gasteiger partial charge in [-0.2, -0.15) is 10.5 Å². The van der Waals surface area contributed by atoms with Gasteiger partial charge in [-0.15, -0.1) is 5.54 Å². The van der Waals surface area contributed by atoms with Gasteiger partial charge in [0.15, 0.2) is 0 Å². The summed E-state index contributed by atoms with van der Waals surface area (Å²) < 4.78 is 0. The van der Waals surface area contributed by atoms with Crippen LogP contribution < -0.4 is 0 Å². The summed E-state index contributed by atoms with van der Waals surface area (Å²) in [7, 11) is -1.86. The molecule has 0 N–H and O–H groups in total. The SMILES string of the molecule is CC(C)[Si](C#CC1=CC=CC=CC1CC(=C(C#N)C#N)c1ccccc1)(C(C)C)C(C)C. The summed E-state index contributed by atoms with van der Waals surface area (Å²) in [6, 6.07) is 14.0. The Morgan fingerprint density at radius 2 is 1.47 bits per heavy atom. The molecular formula is C29H34N2Si. The van der Waals surface area contributed by atoms with E-state index in [4.69, 9.17) is 0 Å². The maximum Gasteiger partial charge on any atom is 0.146 e. The highest BCUT2D eigenvalue weighted by molar-refractivity contribution is 6.90. The van der Waals surface area contributed by atoms with E-state index in [0.29, 0.717) is 23.0 Å². The molecule has 1 unspecified atom stereocenters. The molecule has 0 bridgehead atoms. The molecule has 0 radical (unpaired) electrons. The lowest BCUT2D eigenvalue weighted by Crippen LogP contribution is -2.43. The molecule has 0 aromatic heterocycles. The monoisotopic (exact) mass is 438 g/mol. The summed E-state index contributed by atoms with van der Waals surface area (Å²) in [5.74, 6) is 3.63. The van der Waals surface area contributed by atoms with Crippen molar-refractivity contribution in [3.05, 3.63) is 77.4 Å². The molecule has 1 atom stereocenters. The van der Waals surface area contributed by atoms with Crippen LogP contribution in [0.25, 0.3) is 5.57 Å². The maximum absolute atomic E-state index is 9.60. The zero-order valence-corrected chi connectivity index (χ0v) is 21.2. The van der Waals surface area contributed by atoms with Crippen LogP contribution in [0.15, 0.2) is 71.9 Å². The fraction of sp³-hybridized carbons (Fsp3) is 0.379. The average molecular weight is 439 g/mol. The highest BCUT2D eigenvalue weighted by Crippen LogP contribution is 2.41. The minimum atomic E-state index is -1.86. The summed E-state index contributed by atoms with van der Waals surface area (Å²) in [6.07, 6.45) is 10.9. The Labute approximate surface area is 195 Å². The van der Waals surface area contributed by atoms with Gasteiger partial charge in [-0.3, -0.25) is 0 Å². The average Bonchev–Trinajstić information content (AvgIpc) is 2.99. The standard InChI is InChI=1S/C29H34N2Si/c1-22(2)32(23(3)4,24(5)6)18-17-25-13-9-7-12-16-27(25)19-29(28(20-30)21-31)26-14-10-8-11-15-26/h7-16,22-24,27H,19H2,1-6H3. The van der Waals surface area contributed by atoms with Crippen LogP contribution in [-0.2, 0) is 0 Å². The first-order chi connectivity index (χ1) is 15.3. The summed E-state index contributed by atoms with van der Waals surface area (Å²) in [5, 5.41) is 19.2. The molecular weight excluding hydrogens is 404 g/mol. The van der Waals surface area contributed by atoms with Crippen molar-refractivity contribution in [3.63, 3.8) is 0 Å². The molecule has 164 valence electrons. The molecule has 0 spiro atoms. The predicted molar refractivity (Wildman–Crippen MR) is 138 cm³/mol. The number of nitriles is 2. The van der Waals surface area contributed by atoms with Crippen molar-refractivity contribution in [2.75, 3.05) is 0 Å². The molecule has 0 saturated heterocycles. The van der Waals surface area contributed by atoms with Crippen LogP contribution in [0, 0.1) is 40.0 Å². The van der Waals surface area contributed by atoms with E-state index in [-0.39, 0.29) is 11.5 Å². The van der Waals surface area contributed by atoms with Crippen LogP contribution in [-0.4, -0.2) is 8.07 Å². The van der Waals surface area contributed by atoms with Crippen LogP contribution in [0.3, 0.4) is 0 Å². The maximum atomic E-state index is 9.60. The van der Waals surface area contributed by atoms with E-state index in [1.165, 1.54) is 0 Å². The van der Waals surface area contributed by atoms with Crippen molar-refractivity contribution in [2.45, 2.75) is 64.6 Å². The summed E-state index contributed by atoms with van der Waals surface area (Å²) in [6.45, 7) is 13.9. The molecule has 1 aliphatic carbocycles. The molecule has 0 heterocycles. The first-order valence-electron chi connectivity index (χ1n) is 11.4. The lowest BCUT2D eigenvalue weighted by atomic mass is 9.87. The van der Waals surface area contributed by atoms with Gasteiger partial charge in [0.05, 0.1) is 0 Å². The zero-order chi connectivity index (χ0) is 23.7. The van der Waals surface area contributed by atoms with E-state index in [1.54, 1.807) is 0 Å². The first-order valence-corrected chi connectivity index (χ1v) is 13.7. The minimum absolute atomic E-state index is 0.0163. The van der Waals surface area contributed by atoms with Crippen LogP contribution >= 0.6 is 0 Å². The van der Waals surface area contributed by atoms with Gasteiger partial charge in [-0.05, 0) is 34.2 Å². The second-order valence-electron chi connectivity index (χ2n) is 9.29. The lowest BCUT2D eigenvalue weighted by molar-refractivity contribution is 0.813. The Morgan fingerprint density at radius 1 is 0.875 bits per heavy atom. The van der Waals surface area contributed by atoms with E-state index >= 15 is 0 Å². The number of benzene rings is 1. The zero-order valence-electron chi connectivity index (χ0n) is 20.2. The molecule has 2 rings (SSSR count). The van der Waals surface area contributed by atoms with Gasteiger partial charge in [-0.25, -0.2) is 0 Å². The third-order valence-electron chi connectivity index (χ3n) is 6.60. The fourth-order valence-electron chi connectivity index (χ4n) is 4.96. The molecule has 0 saturated carbocycles. The van der Waals surface area contributed by atoms with Gasteiger partial charge in [0.2, 0.25) is 0 Å². The van der Waals surface area contributed by atoms with E-state index in [1.807, 2.05) is 48.6 Å². The second-order valence-corrected chi connectivity index (χ2v) is 14.9. The van der Waals surface area contributed by atoms with Crippen molar-refractivity contribution in [2.24, 2.45) is 5.92 Å². The topological polar surface area (TPSA) is 47.6 Å². The number of hydrogen-bond acceptors (Lipinski definition) is 2. The largest absolute Gasteiger partial charge is 0.192 e. The Morgan fingerprint density at radius 3 is 2.00 bits per heavy atom. The van der Waals surface area contributed by atoms with Crippen LogP contribution in [0.5, 0.6) is 0 Å². The fourth-order valence-corrected chi connectivity index (χ4v) is 10.2. The molecule has 2 nitrogen and oxygen atoms in total. The van der Waals surface area contributed by atoms with E-state index in [2.05, 4.69) is 77.3 Å². The van der Waals surface area contributed by atoms with Crippen LogP contribution in [0.4, 0.5) is 0 Å². The predicted octanol–water partition coefficient (Wildman–Crippen LogP) is 7.77. The molecule has 1 aromatic rings. The molecule has 32 heavy (non-hydrogen) atoms. The van der Waals surface area contributed by atoms with E-state index in [9.17, 15) is 10.5 Å². The number of allylic oxidation sites excluding steroid dienone is 8. The second kappa shape index (κ2) is 11.5. The van der Waals surface area contributed by atoms with Crippen molar-refractivity contribution in [1.82, 2.24) is 0 Å². The van der Waals surface area contributed by atoms with Gasteiger partial charge >= 0.3 is 0 Å². The minimum Gasteiger partial charge on any atom is -0.192 e. The smallest absolute Gasteiger partial charge is 0.146 e. The molecule has 1 aliphatic rings. The Bertz CT molecular complexity index is 1020. The number of hydrogen-bond donors (Lipinski definition) is 0. The number of rotatable bonds is 6. The molecule has 0 aliphatic heterocycles. The van der Waals surface area contributed by atoms with Crippen molar-refractivity contribution < 1.29 is 0 Å². The third kappa shape index (κ3) is 5.59. The van der Waals surface area contributed by atoms with Gasteiger partial charge in [0.1, 0.15) is 25.8 Å². The highest BCUT2D eigenvalue weighted by atomic mass is 28.3. The van der Waals surface area contributed by atoms with Gasteiger partial charge in [0, 0.05) is 11.5 Å². The quantitative estimate of drug-likeness (QED) is 0.259. The summed E-state index contributed by atoms with van der Waals surface area (Å²) >= 11 is 0. The summed E-state index contributed by atoms with van der Waals surface area (Å²) in [5.41, 5.74) is 8.45. The highest BCUT2D eigenvalue weighted by Gasteiger charge is 2.41. The number of nitrogens with zero attached hydrogens (tertiary/aromatic N) is 2. The van der Waals surface area contributed by atoms with Gasteiger partial charge in [-0.1, -0.05) is 108 Å². The van der Waals surface area contributed by atoms with Crippen LogP contribution in [0.1, 0.15) is 53.5 Å². The van der Waals surface area contributed by atoms with Crippen LogP contribution in [0.2, 0.25) is 16.6 Å². The van der Waals surface area contributed by atoms with E-state index in [0.717, 1.165) is 16.7 Å². The molecule has 1 aromatic carbocycles. The van der Waals surface area contributed by atoms with Crippen molar-refractivity contribution in [1.29, 1.82) is 10.5 Å². The van der Waals surface area contributed by atoms with Gasteiger partial charge < -0.3 is 0 Å².